The van der Waals surface area contributed by atoms with Crippen LogP contribution in [0.3, 0.4) is 0 Å². The molecule has 0 aromatic heterocycles. The third kappa shape index (κ3) is 5.76. The highest BCUT2D eigenvalue weighted by atomic mass is 19.4. The van der Waals surface area contributed by atoms with Gasteiger partial charge in [0.2, 0.25) is 5.67 Å². The van der Waals surface area contributed by atoms with Gasteiger partial charge in [0.25, 0.3) is 5.91 Å². The number of hydrogen-bond acceptors (Lipinski definition) is 4. The van der Waals surface area contributed by atoms with Crippen molar-refractivity contribution in [2.24, 2.45) is 0 Å². The molecular weight excluding hydrogens is 312 g/mol. The number of carbonyl (C=O) groups excluding carboxylic acids is 1. The maximum absolute atomic E-state index is 13.5. The van der Waals surface area contributed by atoms with Crippen LogP contribution in [-0.2, 0) is 14.3 Å². The second-order valence-electron chi connectivity index (χ2n) is 5.07. The van der Waals surface area contributed by atoms with Gasteiger partial charge in [-0.1, -0.05) is 0 Å². The highest BCUT2D eigenvalue weighted by Gasteiger charge is 2.44. The van der Waals surface area contributed by atoms with Crippen LogP contribution in [0.1, 0.15) is 19.3 Å². The van der Waals surface area contributed by atoms with E-state index in [4.69, 9.17) is 14.6 Å². The van der Waals surface area contributed by atoms with Crippen molar-refractivity contribution in [1.82, 2.24) is 10.6 Å². The van der Waals surface area contributed by atoms with E-state index in [1.165, 1.54) is 0 Å². The van der Waals surface area contributed by atoms with Gasteiger partial charge in [-0.05, 0) is 19.3 Å². The molecule has 3 N–H and O–H groups in total. The van der Waals surface area contributed by atoms with Gasteiger partial charge in [0.05, 0.1) is 6.10 Å². The molecule has 2 rings (SSSR count). The molecule has 2 aliphatic rings. The van der Waals surface area contributed by atoms with Crippen molar-refractivity contribution in [3.05, 3.63) is 0 Å². The fourth-order valence-electron chi connectivity index (χ4n) is 1.84. The number of nitrogens with one attached hydrogen (secondary N) is 2. The summed E-state index contributed by atoms with van der Waals surface area (Å²) in [5.41, 5.74) is -1.69. The van der Waals surface area contributed by atoms with Crippen LogP contribution in [0.4, 0.5) is 17.6 Å². The Balaban J connectivity index is 0.000000295. The van der Waals surface area contributed by atoms with Crippen LogP contribution in [0.25, 0.3) is 0 Å². The standard InChI is InChI=1S/C10H17FN2O2.C2HF3O2/c11-10(6-12-7-10)9(14)13-5-8-3-1-2-4-15-8;3-2(4,5)1(6)7/h8,12H,1-7H2,(H,13,14);(H,6,7). The van der Waals surface area contributed by atoms with Crippen molar-refractivity contribution < 1.29 is 37.0 Å². The zero-order valence-corrected chi connectivity index (χ0v) is 11.7. The third-order valence-corrected chi connectivity index (χ3v) is 3.22. The lowest BCUT2D eigenvalue weighted by molar-refractivity contribution is -0.192. The van der Waals surface area contributed by atoms with E-state index in [-0.39, 0.29) is 19.2 Å². The van der Waals surface area contributed by atoms with E-state index in [1.807, 2.05) is 0 Å². The Morgan fingerprint density at radius 3 is 2.27 bits per heavy atom. The van der Waals surface area contributed by atoms with Gasteiger partial charge in [-0.3, -0.25) is 4.79 Å². The van der Waals surface area contributed by atoms with Gasteiger partial charge < -0.3 is 20.5 Å². The summed E-state index contributed by atoms with van der Waals surface area (Å²) in [7, 11) is 0. The van der Waals surface area contributed by atoms with E-state index in [9.17, 15) is 22.4 Å². The highest BCUT2D eigenvalue weighted by molar-refractivity contribution is 5.86. The number of carboxylic acid groups (broad SMARTS) is 1. The molecule has 0 spiro atoms. The number of carbonyl (C=O) groups is 2. The van der Waals surface area contributed by atoms with Crippen molar-refractivity contribution in [2.75, 3.05) is 26.2 Å². The molecule has 128 valence electrons. The number of aliphatic carboxylic acids is 1. The van der Waals surface area contributed by atoms with Crippen LogP contribution in [0.2, 0.25) is 0 Å². The lowest BCUT2D eigenvalue weighted by Gasteiger charge is -2.34. The summed E-state index contributed by atoms with van der Waals surface area (Å²) in [6, 6.07) is 0. The van der Waals surface area contributed by atoms with Crippen molar-refractivity contribution in [2.45, 2.75) is 37.2 Å². The number of rotatable bonds is 3. The molecule has 0 aromatic rings. The van der Waals surface area contributed by atoms with Gasteiger partial charge in [-0.15, -0.1) is 0 Å². The Labute approximate surface area is 124 Å². The molecule has 0 saturated carbocycles. The monoisotopic (exact) mass is 330 g/mol. The Morgan fingerprint density at radius 2 is 1.91 bits per heavy atom. The largest absolute Gasteiger partial charge is 0.490 e. The van der Waals surface area contributed by atoms with E-state index < -0.39 is 23.7 Å². The molecule has 10 heteroatoms. The van der Waals surface area contributed by atoms with Crippen LogP contribution in [-0.4, -0.2) is 61.2 Å². The van der Waals surface area contributed by atoms with Gasteiger partial charge in [0, 0.05) is 26.2 Å². The van der Waals surface area contributed by atoms with Crippen molar-refractivity contribution in [3.63, 3.8) is 0 Å². The molecule has 2 aliphatic heterocycles. The lowest BCUT2D eigenvalue weighted by atomic mass is 9.98. The Kier molecular flexibility index (Phi) is 6.54. The molecule has 22 heavy (non-hydrogen) atoms. The number of halogens is 4. The molecule has 0 bridgehead atoms. The first-order chi connectivity index (χ1) is 10.1. The molecule has 2 heterocycles. The van der Waals surface area contributed by atoms with Crippen LogP contribution < -0.4 is 10.6 Å². The zero-order chi connectivity index (χ0) is 16.8. The fourth-order valence-corrected chi connectivity index (χ4v) is 1.84. The van der Waals surface area contributed by atoms with Crippen LogP contribution in [0.5, 0.6) is 0 Å². The van der Waals surface area contributed by atoms with Crippen molar-refractivity contribution in [3.8, 4) is 0 Å². The first-order valence-corrected chi connectivity index (χ1v) is 6.75. The predicted molar refractivity (Wildman–Crippen MR) is 67.0 cm³/mol. The normalized spacial score (nSPS) is 23.5. The van der Waals surface area contributed by atoms with Crippen LogP contribution in [0, 0.1) is 0 Å². The summed E-state index contributed by atoms with van der Waals surface area (Å²) in [6.45, 7) is 1.45. The summed E-state index contributed by atoms with van der Waals surface area (Å²) < 4.78 is 50.7. The molecule has 0 aromatic carbocycles. The second kappa shape index (κ2) is 7.73. The van der Waals surface area contributed by atoms with Crippen LogP contribution in [0.15, 0.2) is 0 Å². The van der Waals surface area contributed by atoms with E-state index in [2.05, 4.69) is 10.6 Å². The van der Waals surface area contributed by atoms with Crippen molar-refractivity contribution in [1.29, 1.82) is 0 Å². The lowest BCUT2D eigenvalue weighted by Crippen LogP contribution is -2.64. The number of alkyl halides is 4. The maximum Gasteiger partial charge on any atom is 0.490 e. The highest BCUT2D eigenvalue weighted by Crippen LogP contribution is 2.17. The summed E-state index contributed by atoms with van der Waals surface area (Å²) in [5.74, 6) is -3.26. The molecule has 0 radical (unpaired) electrons. The minimum Gasteiger partial charge on any atom is -0.475 e. The van der Waals surface area contributed by atoms with E-state index in [0.717, 1.165) is 25.9 Å². The Hall–Kier alpha value is -1.42. The fraction of sp³-hybridized carbons (Fsp3) is 0.833. The van der Waals surface area contributed by atoms with E-state index in [0.29, 0.717) is 6.54 Å². The molecule has 1 amide bonds. The van der Waals surface area contributed by atoms with E-state index >= 15 is 0 Å². The molecule has 2 fully saturated rings. The number of carboxylic acids is 1. The Morgan fingerprint density at radius 1 is 1.32 bits per heavy atom. The molecule has 0 aliphatic carbocycles. The average Bonchev–Trinajstić information content (AvgIpc) is 2.43. The number of hydrogen-bond donors (Lipinski definition) is 3. The SMILES string of the molecule is O=C(NCC1CCCCO1)C1(F)CNC1.O=C(O)C(F)(F)F. The summed E-state index contributed by atoms with van der Waals surface area (Å²) >= 11 is 0. The molecule has 1 atom stereocenters. The van der Waals surface area contributed by atoms with Crippen molar-refractivity contribution >= 4 is 11.9 Å². The smallest absolute Gasteiger partial charge is 0.475 e. The molecule has 6 nitrogen and oxygen atoms in total. The molecule has 2 saturated heterocycles. The topological polar surface area (TPSA) is 87.7 Å². The third-order valence-electron chi connectivity index (χ3n) is 3.22. The summed E-state index contributed by atoms with van der Waals surface area (Å²) in [6.07, 6.45) is -1.85. The molecular formula is C12H18F4N2O4. The van der Waals surface area contributed by atoms with Crippen LogP contribution >= 0.6 is 0 Å². The zero-order valence-electron chi connectivity index (χ0n) is 11.7. The van der Waals surface area contributed by atoms with Gasteiger partial charge in [-0.2, -0.15) is 13.2 Å². The predicted octanol–water partition coefficient (Wildman–Crippen LogP) is 0.616. The van der Waals surface area contributed by atoms with Gasteiger partial charge >= 0.3 is 12.1 Å². The number of amides is 1. The van der Waals surface area contributed by atoms with Gasteiger partial charge in [0.15, 0.2) is 0 Å². The maximum atomic E-state index is 13.5. The molecule has 1 unspecified atom stereocenters. The Bertz CT molecular complexity index is 393. The average molecular weight is 330 g/mol. The van der Waals surface area contributed by atoms with Gasteiger partial charge in [-0.25, -0.2) is 9.18 Å². The first kappa shape index (κ1) is 18.6. The van der Waals surface area contributed by atoms with Gasteiger partial charge in [0.1, 0.15) is 0 Å². The minimum atomic E-state index is -5.08. The summed E-state index contributed by atoms with van der Waals surface area (Å²) in [5, 5.41) is 12.5. The summed E-state index contributed by atoms with van der Waals surface area (Å²) in [4.78, 5) is 20.3. The second-order valence-corrected chi connectivity index (χ2v) is 5.07. The first-order valence-electron chi connectivity index (χ1n) is 6.75. The minimum absolute atomic E-state index is 0.0688. The quantitative estimate of drug-likeness (QED) is 0.660. The van der Waals surface area contributed by atoms with E-state index in [1.54, 1.807) is 0 Å². The number of ether oxygens (including phenoxy) is 1.